The minimum atomic E-state index is -0.492. The van der Waals surface area contributed by atoms with Crippen molar-refractivity contribution in [3.8, 4) is 5.75 Å². The highest BCUT2D eigenvalue weighted by Crippen LogP contribution is 2.26. The fourth-order valence-electron chi connectivity index (χ4n) is 1.27. The van der Waals surface area contributed by atoms with E-state index in [4.69, 9.17) is 22.1 Å². The van der Waals surface area contributed by atoms with Crippen LogP contribution in [-0.4, -0.2) is 25.1 Å². The van der Waals surface area contributed by atoms with Crippen LogP contribution in [0, 0.1) is 0 Å². The number of hydrogen-bond donors (Lipinski definition) is 2. The van der Waals surface area contributed by atoms with E-state index in [1.54, 1.807) is 12.1 Å². The van der Waals surface area contributed by atoms with E-state index in [-0.39, 0.29) is 6.10 Å². The first-order valence-electron chi connectivity index (χ1n) is 4.63. The van der Waals surface area contributed by atoms with E-state index in [1.165, 1.54) is 6.07 Å². The molecule has 1 aliphatic rings. The molecule has 1 aromatic rings. The molecule has 0 aromatic heterocycles. The van der Waals surface area contributed by atoms with E-state index in [0.717, 1.165) is 13.1 Å². The molecule has 1 saturated heterocycles. The monoisotopic (exact) mass is 226 g/mol. The summed E-state index contributed by atoms with van der Waals surface area (Å²) in [6.45, 7) is 1.65. The number of amides is 1. The minimum absolute atomic E-state index is 0.168. The molecule has 4 nitrogen and oxygen atoms in total. The van der Waals surface area contributed by atoms with Crippen LogP contribution in [0.1, 0.15) is 10.4 Å². The summed E-state index contributed by atoms with van der Waals surface area (Å²) in [5.74, 6) is 0.0990. The van der Waals surface area contributed by atoms with E-state index in [2.05, 4.69) is 5.32 Å². The number of hydrogen-bond acceptors (Lipinski definition) is 3. The van der Waals surface area contributed by atoms with Gasteiger partial charge in [0.2, 0.25) is 5.91 Å². The fraction of sp³-hybridized carbons (Fsp3) is 0.300. The van der Waals surface area contributed by atoms with Crippen molar-refractivity contribution in [3.05, 3.63) is 28.8 Å². The first-order chi connectivity index (χ1) is 7.16. The predicted molar refractivity (Wildman–Crippen MR) is 57.3 cm³/mol. The zero-order valence-electron chi connectivity index (χ0n) is 8.00. The molecule has 15 heavy (non-hydrogen) atoms. The number of ether oxygens (including phenoxy) is 1. The number of rotatable bonds is 3. The number of nitrogens with two attached hydrogens (primary N) is 1. The van der Waals surface area contributed by atoms with Crippen molar-refractivity contribution in [3.63, 3.8) is 0 Å². The molecule has 0 atom stereocenters. The van der Waals surface area contributed by atoms with Gasteiger partial charge < -0.3 is 15.8 Å². The molecule has 3 N–H and O–H groups in total. The van der Waals surface area contributed by atoms with Gasteiger partial charge in [-0.1, -0.05) is 11.6 Å². The van der Waals surface area contributed by atoms with Gasteiger partial charge in [-0.3, -0.25) is 4.79 Å². The first-order valence-corrected chi connectivity index (χ1v) is 5.01. The molecule has 0 radical (unpaired) electrons. The largest absolute Gasteiger partial charge is 0.486 e. The van der Waals surface area contributed by atoms with E-state index in [1.807, 2.05) is 0 Å². The third kappa shape index (κ3) is 2.22. The Morgan fingerprint density at radius 3 is 2.73 bits per heavy atom. The lowest BCUT2D eigenvalue weighted by Gasteiger charge is -2.28. The Morgan fingerprint density at radius 1 is 1.53 bits per heavy atom. The average molecular weight is 227 g/mol. The van der Waals surface area contributed by atoms with E-state index < -0.39 is 5.91 Å². The molecule has 0 spiro atoms. The number of carbonyl (C=O) groups excluding carboxylic acids is 1. The van der Waals surface area contributed by atoms with Crippen LogP contribution in [0.4, 0.5) is 0 Å². The molecule has 5 heteroatoms. The van der Waals surface area contributed by atoms with Gasteiger partial charge >= 0.3 is 0 Å². The van der Waals surface area contributed by atoms with Gasteiger partial charge in [0, 0.05) is 18.7 Å². The van der Waals surface area contributed by atoms with E-state index >= 15 is 0 Å². The summed E-state index contributed by atoms with van der Waals surface area (Å²) in [4.78, 5) is 10.9. The van der Waals surface area contributed by atoms with Crippen LogP contribution in [0.5, 0.6) is 5.75 Å². The summed E-state index contributed by atoms with van der Waals surface area (Å²) in [6, 6.07) is 4.79. The van der Waals surface area contributed by atoms with Crippen molar-refractivity contribution in [2.75, 3.05) is 13.1 Å². The highest BCUT2D eigenvalue weighted by Gasteiger charge is 2.19. The second-order valence-electron chi connectivity index (χ2n) is 3.41. The zero-order chi connectivity index (χ0) is 10.8. The Morgan fingerprint density at radius 2 is 2.27 bits per heavy atom. The van der Waals surface area contributed by atoms with Gasteiger partial charge in [0.25, 0.3) is 0 Å². The number of nitrogens with one attached hydrogen (secondary N) is 1. The van der Waals surface area contributed by atoms with Gasteiger partial charge in [-0.15, -0.1) is 0 Å². The number of primary amides is 1. The molecule has 1 aliphatic heterocycles. The molecule has 0 aliphatic carbocycles. The van der Waals surface area contributed by atoms with Crippen molar-refractivity contribution in [2.24, 2.45) is 5.73 Å². The highest BCUT2D eigenvalue weighted by molar-refractivity contribution is 6.32. The molecule has 1 fully saturated rings. The summed E-state index contributed by atoms with van der Waals surface area (Å²) < 4.78 is 5.57. The van der Waals surface area contributed by atoms with Crippen LogP contribution in [0.15, 0.2) is 18.2 Å². The minimum Gasteiger partial charge on any atom is -0.486 e. The molecule has 1 amide bonds. The van der Waals surface area contributed by atoms with Crippen LogP contribution in [-0.2, 0) is 0 Å². The lowest BCUT2D eigenvalue weighted by atomic mass is 10.2. The van der Waals surface area contributed by atoms with Crippen LogP contribution in [0.25, 0.3) is 0 Å². The summed E-state index contributed by atoms with van der Waals surface area (Å²) in [5.41, 5.74) is 5.51. The predicted octanol–water partition coefficient (Wildman–Crippen LogP) is 0.790. The van der Waals surface area contributed by atoms with Crippen molar-refractivity contribution >= 4 is 17.5 Å². The van der Waals surface area contributed by atoms with Crippen molar-refractivity contribution < 1.29 is 9.53 Å². The molecular weight excluding hydrogens is 216 g/mol. The van der Waals surface area contributed by atoms with Crippen LogP contribution in [0.2, 0.25) is 5.02 Å². The fourth-order valence-corrected chi connectivity index (χ4v) is 1.50. The second kappa shape index (κ2) is 4.08. The van der Waals surface area contributed by atoms with E-state index in [9.17, 15) is 4.79 Å². The average Bonchev–Trinajstić information content (AvgIpc) is 2.12. The molecule has 0 bridgehead atoms. The van der Waals surface area contributed by atoms with Gasteiger partial charge in [0.05, 0.1) is 5.02 Å². The maximum Gasteiger partial charge on any atom is 0.248 e. The topological polar surface area (TPSA) is 64.4 Å². The van der Waals surface area contributed by atoms with Gasteiger partial charge in [-0.25, -0.2) is 0 Å². The maximum absolute atomic E-state index is 10.9. The number of benzene rings is 1. The van der Waals surface area contributed by atoms with Crippen molar-refractivity contribution in [2.45, 2.75) is 6.10 Å². The highest BCUT2D eigenvalue weighted by atomic mass is 35.5. The Kier molecular flexibility index (Phi) is 2.79. The lowest BCUT2D eigenvalue weighted by Crippen LogP contribution is -2.50. The standard InChI is InChI=1S/C10H11ClN2O2/c11-8-3-6(10(12)14)1-2-9(8)15-7-4-13-5-7/h1-3,7,13H,4-5H2,(H2,12,14). The van der Waals surface area contributed by atoms with Gasteiger partial charge in [0.1, 0.15) is 11.9 Å². The molecule has 0 saturated carbocycles. The van der Waals surface area contributed by atoms with Crippen LogP contribution in [0.3, 0.4) is 0 Å². The number of carbonyl (C=O) groups is 1. The van der Waals surface area contributed by atoms with Gasteiger partial charge in [0.15, 0.2) is 0 Å². The molecule has 1 heterocycles. The smallest absolute Gasteiger partial charge is 0.248 e. The molecule has 0 unspecified atom stereocenters. The SMILES string of the molecule is NC(=O)c1ccc(OC2CNC2)c(Cl)c1. The Hall–Kier alpha value is -1.26. The third-order valence-corrected chi connectivity index (χ3v) is 2.55. The number of halogens is 1. The van der Waals surface area contributed by atoms with Crippen LogP contribution < -0.4 is 15.8 Å². The molecule has 1 aromatic carbocycles. The molecule has 2 rings (SSSR count). The van der Waals surface area contributed by atoms with Gasteiger partial charge in [-0.2, -0.15) is 0 Å². The molecule has 80 valence electrons. The lowest BCUT2D eigenvalue weighted by molar-refractivity contribution is 0.1000. The molecular formula is C10H11ClN2O2. The summed E-state index contributed by atoms with van der Waals surface area (Å²) >= 11 is 5.95. The Balaban J connectivity index is 2.14. The van der Waals surface area contributed by atoms with Crippen LogP contribution >= 0.6 is 11.6 Å². The Labute approximate surface area is 92.4 Å². The normalized spacial score (nSPS) is 15.8. The summed E-state index contributed by atoms with van der Waals surface area (Å²) in [5, 5.41) is 3.50. The summed E-state index contributed by atoms with van der Waals surface area (Å²) in [6.07, 6.45) is 0.168. The Bertz CT molecular complexity index is 391. The third-order valence-electron chi connectivity index (χ3n) is 2.25. The van der Waals surface area contributed by atoms with Gasteiger partial charge in [-0.05, 0) is 18.2 Å². The zero-order valence-corrected chi connectivity index (χ0v) is 8.75. The van der Waals surface area contributed by atoms with E-state index in [0.29, 0.717) is 16.3 Å². The summed E-state index contributed by atoms with van der Waals surface area (Å²) in [7, 11) is 0. The second-order valence-corrected chi connectivity index (χ2v) is 3.81. The first kappa shape index (κ1) is 10.3. The van der Waals surface area contributed by atoms with Crippen molar-refractivity contribution in [1.29, 1.82) is 0 Å². The van der Waals surface area contributed by atoms with Crippen molar-refractivity contribution in [1.82, 2.24) is 5.32 Å². The maximum atomic E-state index is 10.9. The quantitative estimate of drug-likeness (QED) is 0.801.